The highest BCUT2D eigenvalue weighted by molar-refractivity contribution is 5.17. The average Bonchev–Trinajstić information content (AvgIpc) is 2.78. The van der Waals surface area contributed by atoms with E-state index < -0.39 is 6.10 Å². The van der Waals surface area contributed by atoms with Gasteiger partial charge in [0.05, 0.1) is 6.10 Å². The van der Waals surface area contributed by atoms with Crippen molar-refractivity contribution in [3.05, 3.63) is 35.9 Å². The van der Waals surface area contributed by atoms with Gasteiger partial charge in [0.1, 0.15) is 0 Å². The summed E-state index contributed by atoms with van der Waals surface area (Å²) in [5.41, 5.74) is 0.968. The van der Waals surface area contributed by atoms with Crippen LogP contribution in [0.3, 0.4) is 0 Å². The zero-order valence-electron chi connectivity index (χ0n) is 9.42. The van der Waals surface area contributed by atoms with E-state index in [0.717, 1.165) is 25.1 Å². The van der Waals surface area contributed by atoms with E-state index in [4.69, 9.17) is 5.11 Å². The molecule has 1 aromatic rings. The minimum atomic E-state index is -0.418. The Labute approximate surface area is 96.3 Å². The molecule has 2 atom stereocenters. The van der Waals surface area contributed by atoms with E-state index in [1.165, 1.54) is 0 Å². The zero-order chi connectivity index (χ0) is 11.4. The minimum absolute atomic E-state index is 0.262. The van der Waals surface area contributed by atoms with Gasteiger partial charge in [-0.1, -0.05) is 30.3 Å². The molecule has 0 saturated carbocycles. The van der Waals surface area contributed by atoms with E-state index in [1.54, 1.807) is 0 Å². The smallest absolute Gasteiger partial charge is 0.0916 e. The van der Waals surface area contributed by atoms with Crippen molar-refractivity contribution in [3.8, 4) is 0 Å². The lowest BCUT2D eigenvalue weighted by atomic mass is 10.1. The maximum Gasteiger partial charge on any atom is 0.0916 e. The van der Waals surface area contributed by atoms with Gasteiger partial charge in [-0.2, -0.15) is 0 Å². The van der Waals surface area contributed by atoms with Gasteiger partial charge in [0, 0.05) is 19.7 Å². The van der Waals surface area contributed by atoms with Crippen LogP contribution < -0.4 is 0 Å². The molecule has 88 valence electrons. The highest BCUT2D eigenvalue weighted by atomic mass is 16.3. The summed E-state index contributed by atoms with van der Waals surface area (Å²) >= 11 is 0. The second-order valence-corrected chi connectivity index (χ2v) is 4.52. The number of aliphatic hydroxyl groups excluding tert-OH is 2. The molecule has 0 spiro atoms. The molecule has 1 fully saturated rings. The number of β-amino-alcohol motifs (C(OH)–C–C–N with tert-alkyl or cyclic N) is 1. The van der Waals surface area contributed by atoms with Gasteiger partial charge in [-0.15, -0.1) is 0 Å². The first-order chi connectivity index (χ1) is 7.79. The van der Waals surface area contributed by atoms with Crippen LogP contribution in [0.4, 0.5) is 0 Å². The molecule has 0 aliphatic carbocycles. The number of hydrogen-bond acceptors (Lipinski definition) is 3. The molecule has 0 aromatic heterocycles. The summed E-state index contributed by atoms with van der Waals surface area (Å²) in [4.78, 5) is 2.22. The predicted molar refractivity (Wildman–Crippen MR) is 63.0 cm³/mol. The first-order valence-electron chi connectivity index (χ1n) is 5.86. The van der Waals surface area contributed by atoms with Crippen LogP contribution >= 0.6 is 0 Å². The predicted octanol–water partition coefficient (Wildman–Crippen LogP) is 1.03. The fourth-order valence-electron chi connectivity index (χ4n) is 2.25. The molecule has 1 aliphatic heterocycles. The van der Waals surface area contributed by atoms with Gasteiger partial charge in [-0.3, -0.25) is 0 Å². The highest BCUT2D eigenvalue weighted by Crippen LogP contribution is 2.20. The molecule has 1 aliphatic rings. The van der Waals surface area contributed by atoms with Crippen LogP contribution in [0.15, 0.2) is 30.3 Å². The van der Waals surface area contributed by atoms with Crippen molar-refractivity contribution in [3.63, 3.8) is 0 Å². The fraction of sp³-hybridized carbons (Fsp3) is 0.538. The Balaban J connectivity index is 1.86. The molecule has 1 saturated heterocycles. The SMILES string of the molecule is OCC1CCN(CC(O)c2ccccc2)C1. The number of rotatable bonds is 4. The van der Waals surface area contributed by atoms with Crippen LogP contribution in [-0.2, 0) is 0 Å². The number of hydrogen-bond donors (Lipinski definition) is 2. The Morgan fingerprint density at radius 3 is 2.69 bits per heavy atom. The lowest BCUT2D eigenvalue weighted by molar-refractivity contribution is 0.121. The van der Waals surface area contributed by atoms with Gasteiger partial charge >= 0.3 is 0 Å². The normalized spacial score (nSPS) is 23.5. The summed E-state index contributed by atoms with van der Waals surface area (Å²) in [5, 5.41) is 19.1. The summed E-state index contributed by atoms with van der Waals surface area (Å²) in [6.45, 7) is 2.81. The van der Waals surface area contributed by atoms with Gasteiger partial charge in [-0.25, -0.2) is 0 Å². The van der Waals surface area contributed by atoms with Crippen LogP contribution in [0.25, 0.3) is 0 Å². The molecule has 1 aromatic carbocycles. The summed E-state index contributed by atoms with van der Waals surface area (Å²) in [7, 11) is 0. The lowest BCUT2D eigenvalue weighted by Gasteiger charge is -2.20. The Hall–Kier alpha value is -0.900. The fourth-order valence-corrected chi connectivity index (χ4v) is 2.25. The van der Waals surface area contributed by atoms with Gasteiger partial charge in [0.2, 0.25) is 0 Å². The molecule has 2 unspecified atom stereocenters. The summed E-state index contributed by atoms with van der Waals surface area (Å²) < 4.78 is 0. The van der Waals surface area contributed by atoms with Gasteiger partial charge < -0.3 is 15.1 Å². The van der Waals surface area contributed by atoms with E-state index in [2.05, 4.69) is 4.90 Å². The van der Waals surface area contributed by atoms with Crippen LogP contribution in [0.2, 0.25) is 0 Å². The first-order valence-corrected chi connectivity index (χ1v) is 5.86. The topological polar surface area (TPSA) is 43.7 Å². The summed E-state index contributed by atoms with van der Waals surface area (Å²) in [6, 6.07) is 9.74. The largest absolute Gasteiger partial charge is 0.396 e. The van der Waals surface area contributed by atoms with Gasteiger partial charge in [0.25, 0.3) is 0 Å². The molecule has 0 bridgehead atoms. The van der Waals surface area contributed by atoms with Gasteiger partial charge in [0.15, 0.2) is 0 Å². The number of benzene rings is 1. The van der Waals surface area contributed by atoms with Crippen molar-refractivity contribution < 1.29 is 10.2 Å². The molecule has 0 amide bonds. The van der Waals surface area contributed by atoms with Crippen LogP contribution in [-0.4, -0.2) is 41.4 Å². The lowest BCUT2D eigenvalue weighted by Crippen LogP contribution is -2.27. The van der Waals surface area contributed by atoms with E-state index in [9.17, 15) is 5.11 Å². The summed E-state index contributed by atoms with van der Waals surface area (Å²) in [5.74, 6) is 0.392. The van der Waals surface area contributed by atoms with E-state index >= 15 is 0 Å². The molecule has 16 heavy (non-hydrogen) atoms. The average molecular weight is 221 g/mol. The minimum Gasteiger partial charge on any atom is -0.396 e. The third-order valence-electron chi connectivity index (χ3n) is 3.24. The van der Waals surface area contributed by atoms with Crippen molar-refractivity contribution >= 4 is 0 Å². The molecule has 1 heterocycles. The molecule has 0 radical (unpaired) electrons. The Morgan fingerprint density at radius 2 is 2.06 bits per heavy atom. The third-order valence-corrected chi connectivity index (χ3v) is 3.24. The molecule has 2 N–H and O–H groups in total. The highest BCUT2D eigenvalue weighted by Gasteiger charge is 2.23. The van der Waals surface area contributed by atoms with Crippen LogP contribution in [0, 0.1) is 5.92 Å². The number of likely N-dealkylation sites (tertiary alicyclic amines) is 1. The molecular formula is C13H19NO2. The second kappa shape index (κ2) is 5.43. The second-order valence-electron chi connectivity index (χ2n) is 4.52. The van der Waals surface area contributed by atoms with E-state index in [0.29, 0.717) is 12.5 Å². The number of aliphatic hydroxyl groups is 2. The van der Waals surface area contributed by atoms with Gasteiger partial charge in [-0.05, 0) is 24.4 Å². The van der Waals surface area contributed by atoms with Crippen molar-refractivity contribution in [1.29, 1.82) is 0 Å². The van der Waals surface area contributed by atoms with E-state index in [1.807, 2.05) is 30.3 Å². The monoisotopic (exact) mass is 221 g/mol. The molecule has 3 nitrogen and oxygen atoms in total. The Morgan fingerprint density at radius 1 is 1.31 bits per heavy atom. The molecule has 3 heteroatoms. The molecular weight excluding hydrogens is 202 g/mol. The maximum atomic E-state index is 10.0. The van der Waals surface area contributed by atoms with Crippen molar-refractivity contribution in [2.24, 2.45) is 5.92 Å². The summed E-state index contributed by atoms with van der Waals surface area (Å²) in [6.07, 6.45) is 0.622. The Kier molecular flexibility index (Phi) is 3.93. The quantitative estimate of drug-likeness (QED) is 0.798. The van der Waals surface area contributed by atoms with E-state index in [-0.39, 0.29) is 6.61 Å². The van der Waals surface area contributed by atoms with Crippen molar-refractivity contribution in [1.82, 2.24) is 4.90 Å². The molecule has 2 rings (SSSR count). The first kappa shape index (κ1) is 11.6. The third kappa shape index (κ3) is 2.82. The van der Waals surface area contributed by atoms with Crippen molar-refractivity contribution in [2.45, 2.75) is 12.5 Å². The van der Waals surface area contributed by atoms with Crippen molar-refractivity contribution in [2.75, 3.05) is 26.2 Å². The maximum absolute atomic E-state index is 10.0. The van der Waals surface area contributed by atoms with Crippen LogP contribution in [0.1, 0.15) is 18.1 Å². The van der Waals surface area contributed by atoms with Crippen LogP contribution in [0.5, 0.6) is 0 Å². The zero-order valence-corrected chi connectivity index (χ0v) is 9.42. The Bertz CT molecular complexity index is 315. The number of nitrogens with zero attached hydrogens (tertiary/aromatic N) is 1. The standard InChI is InChI=1S/C13H19NO2/c15-10-11-6-7-14(8-11)9-13(16)12-4-2-1-3-5-12/h1-5,11,13,15-16H,6-10H2.